The van der Waals surface area contributed by atoms with E-state index >= 15 is 0 Å². The van der Waals surface area contributed by atoms with Crippen molar-refractivity contribution in [3.05, 3.63) is 0 Å². The lowest BCUT2D eigenvalue weighted by atomic mass is 10.3. The molecule has 5 N–H and O–H groups in total. The van der Waals surface area contributed by atoms with E-state index in [1.165, 1.54) is 6.92 Å². The molecular formula is C7H15NO6. The normalized spacial score (nSPS) is 9.86. The molecule has 7 nitrogen and oxygen atoms in total. The van der Waals surface area contributed by atoms with E-state index in [1.54, 1.807) is 0 Å². The van der Waals surface area contributed by atoms with Crippen LogP contribution in [-0.4, -0.2) is 39.3 Å². The third-order valence-electron chi connectivity index (χ3n) is 0.653. The van der Waals surface area contributed by atoms with Crippen LogP contribution in [-0.2, 0) is 14.4 Å². The third kappa shape index (κ3) is 22.4. The molecule has 1 unspecified atom stereocenters. The van der Waals surface area contributed by atoms with Crippen molar-refractivity contribution in [2.45, 2.75) is 26.9 Å². The molecule has 0 bridgehead atoms. The van der Waals surface area contributed by atoms with E-state index in [0.717, 1.165) is 0 Å². The first-order valence-corrected chi connectivity index (χ1v) is 3.16. The van der Waals surface area contributed by atoms with Crippen molar-refractivity contribution >= 4 is 17.8 Å². The standard InChI is InChI=1S/C4H6O5.C2H5NO.CH4/c5-2(4(8)9)1-3(6)7;1-2(3)4;/h2,5H,1H2,(H,6,7)(H,8,9);1H3,(H2,3,4);1H4. The molecule has 14 heavy (non-hydrogen) atoms. The van der Waals surface area contributed by atoms with Gasteiger partial charge in [0, 0.05) is 6.92 Å². The van der Waals surface area contributed by atoms with Gasteiger partial charge in [-0.15, -0.1) is 0 Å². The number of amides is 1. The van der Waals surface area contributed by atoms with Gasteiger partial charge in [0.15, 0.2) is 6.10 Å². The maximum absolute atomic E-state index is 9.72. The van der Waals surface area contributed by atoms with Crippen LogP contribution in [0.1, 0.15) is 20.8 Å². The first-order valence-electron chi connectivity index (χ1n) is 3.16. The molecule has 7 heteroatoms. The van der Waals surface area contributed by atoms with E-state index in [2.05, 4.69) is 5.73 Å². The molecule has 0 aliphatic heterocycles. The molecule has 0 aromatic rings. The van der Waals surface area contributed by atoms with E-state index in [1.807, 2.05) is 0 Å². The molecule has 0 saturated heterocycles. The first-order chi connectivity index (χ1) is 5.77. The number of carboxylic acid groups (broad SMARTS) is 2. The van der Waals surface area contributed by atoms with Crippen LogP contribution in [0.4, 0.5) is 0 Å². The molecule has 0 aromatic heterocycles. The van der Waals surface area contributed by atoms with Crippen molar-refractivity contribution in [3.63, 3.8) is 0 Å². The number of carboxylic acids is 2. The lowest BCUT2D eigenvalue weighted by Gasteiger charge is -1.97. The van der Waals surface area contributed by atoms with E-state index in [4.69, 9.17) is 15.3 Å². The second-order valence-corrected chi connectivity index (χ2v) is 2.06. The van der Waals surface area contributed by atoms with Crippen molar-refractivity contribution in [1.29, 1.82) is 0 Å². The fourth-order valence-corrected chi connectivity index (χ4v) is 0.253. The van der Waals surface area contributed by atoms with Gasteiger partial charge in [0.2, 0.25) is 5.91 Å². The highest BCUT2D eigenvalue weighted by atomic mass is 16.4. The summed E-state index contributed by atoms with van der Waals surface area (Å²) in [5.74, 6) is -3.18. The molecule has 1 atom stereocenters. The Morgan fingerprint density at radius 1 is 1.29 bits per heavy atom. The maximum atomic E-state index is 9.72. The van der Waals surface area contributed by atoms with Crippen molar-refractivity contribution in [2.75, 3.05) is 0 Å². The van der Waals surface area contributed by atoms with Gasteiger partial charge >= 0.3 is 11.9 Å². The number of carbonyl (C=O) groups excluding carboxylic acids is 1. The summed E-state index contributed by atoms with van der Waals surface area (Å²) in [6.07, 6.45) is -2.54. The molecule has 0 radical (unpaired) electrons. The summed E-state index contributed by atoms with van der Waals surface area (Å²) < 4.78 is 0. The van der Waals surface area contributed by atoms with Crippen LogP contribution in [0.5, 0.6) is 0 Å². The minimum absolute atomic E-state index is 0. The van der Waals surface area contributed by atoms with Gasteiger partial charge in [0.05, 0.1) is 6.42 Å². The fraction of sp³-hybridized carbons (Fsp3) is 0.571. The molecule has 0 heterocycles. The number of hydrogen-bond donors (Lipinski definition) is 4. The SMILES string of the molecule is C.CC(N)=O.O=C(O)CC(O)C(=O)O. The number of aliphatic hydroxyl groups excluding tert-OH is 1. The zero-order valence-corrected chi connectivity index (χ0v) is 6.93. The van der Waals surface area contributed by atoms with Gasteiger partial charge in [0.25, 0.3) is 0 Å². The summed E-state index contributed by atoms with van der Waals surface area (Å²) in [6.45, 7) is 1.31. The highest BCUT2D eigenvalue weighted by molar-refractivity contribution is 5.79. The molecular weight excluding hydrogens is 194 g/mol. The summed E-state index contributed by atoms with van der Waals surface area (Å²) in [5, 5.41) is 24.1. The van der Waals surface area contributed by atoms with Gasteiger partial charge in [0.1, 0.15) is 0 Å². The van der Waals surface area contributed by atoms with Crippen LogP contribution in [0.15, 0.2) is 0 Å². The number of primary amides is 1. The second kappa shape index (κ2) is 9.46. The highest BCUT2D eigenvalue weighted by Gasteiger charge is 2.16. The predicted octanol–water partition coefficient (Wildman–Crippen LogP) is -0.966. The minimum Gasteiger partial charge on any atom is -0.481 e. The number of aliphatic hydroxyl groups is 1. The summed E-state index contributed by atoms with van der Waals surface area (Å²) in [5.41, 5.74) is 4.47. The van der Waals surface area contributed by atoms with Crippen LogP contribution >= 0.6 is 0 Å². The Labute approximate surface area is 81.1 Å². The maximum Gasteiger partial charge on any atom is 0.333 e. The fourth-order valence-electron chi connectivity index (χ4n) is 0.253. The van der Waals surface area contributed by atoms with Crippen molar-refractivity contribution in [1.82, 2.24) is 0 Å². The monoisotopic (exact) mass is 209 g/mol. The lowest BCUT2D eigenvalue weighted by molar-refractivity contribution is -0.152. The minimum atomic E-state index is -1.79. The topological polar surface area (TPSA) is 138 Å². The number of carbonyl (C=O) groups is 3. The van der Waals surface area contributed by atoms with E-state index in [9.17, 15) is 14.4 Å². The summed E-state index contributed by atoms with van der Waals surface area (Å²) in [7, 11) is 0. The Hall–Kier alpha value is -1.63. The molecule has 0 aromatic carbocycles. The molecule has 0 aliphatic carbocycles. The Morgan fingerprint density at radius 2 is 1.57 bits per heavy atom. The van der Waals surface area contributed by atoms with Crippen LogP contribution < -0.4 is 5.73 Å². The van der Waals surface area contributed by atoms with Gasteiger partial charge in [-0.1, -0.05) is 7.43 Å². The largest absolute Gasteiger partial charge is 0.481 e. The van der Waals surface area contributed by atoms with Crippen LogP contribution in [0.3, 0.4) is 0 Å². The third-order valence-corrected chi connectivity index (χ3v) is 0.653. The molecule has 0 fully saturated rings. The average Bonchev–Trinajstić information content (AvgIpc) is 1.83. The number of nitrogens with two attached hydrogens (primary N) is 1. The summed E-state index contributed by atoms with van der Waals surface area (Å²) in [4.78, 5) is 28.6. The van der Waals surface area contributed by atoms with E-state index < -0.39 is 24.5 Å². The Morgan fingerprint density at radius 3 is 1.64 bits per heavy atom. The van der Waals surface area contributed by atoms with Gasteiger partial charge in [-0.05, 0) is 0 Å². The average molecular weight is 209 g/mol. The highest BCUT2D eigenvalue weighted by Crippen LogP contribution is 1.89. The van der Waals surface area contributed by atoms with Crippen molar-refractivity contribution < 1.29 is 29.7 Å². The van der Waals surface area contributed by atoms with Gasteiger partial charge in [-0.25, -0.2) is 4.79 Å². The van der Waals surface area contributed by atoms with Crippen molar-refractivity contribution in [2.24, 2.45) is 5.73 Å². The van der Waals surface area contributed by atoms with Gasteiger partial charge in [-0.2, -0.15) is 0 Å². The van der Waals surface area contributed by atoms with E-state index in [-0.39, 0.29) is 13.3 Å². The summed E-state index contributed by atoms with van der Waals surface area (Å²) >= 11 is 0. The van der Waals surface area contributed by atoms with Crippen molar-refractivity contribution in [3.8, 4) is 0 Å². The van der Waals surface area contributed by atoms with Gasteiger partial charge in [-0.3, -0.25) is 9.59 Å². The predicted molar refractivity (Wildman–Crippen MR) is 47.5 cm³/mol. The Balaban J connectivity index is -0.000000209. The quantitative estimate of drug-likeness (QED) is 0.472. The smallest absolute Gasteiger partial charge is 0.333 e. The number of aliphatic carboxylic acids is 2. The van der Waals surface area contributed by atoms with Crippen LogP contribution in [0.2, 0.25) is 0 Å². The van der Waals surface area contributed by atoms with E-state index in [0.29, 0.717) is 0 Å². The van der Waals surface area contributed by atoms with Crippen LogP contribution in [0, 0.1) is 0 Å². The molecule has 0 saturated carbocycles. The first kappa shape index (κ1) is 18.2. The second-order valence-electron chi connectivity index (χ2n) is 2.06. The lowest BCUT2D eigenvalue weighted by Crippen LogP contribution is -2.22. The Kier molecular flexibility index (Phi) is 12.3. The number of hydrogen-bond acceptors (Lipinski definition) is 4. The molecule has 0 rings (SSSR count). The number of rotatable bonds is 3. The van der Waals surface area contributed by atoms with Gasteiger partial charge < -0.3 is 21.1 Å². The zero-order chi connectivity index (χ0) is 11.0. The molecule has 0 spiro atoms. The summed E-state index contributed by atoms with van der Waals surface area (Å²) in [6, 6.07) is 0. The zero-order valence-electron chi connectivity index (χ0n) is 6.93. The molecule has 0 aliphatic rings. The molecule has 84 valence electrons. The Bertz CT molecular complexity index is 198. The van der Waals surface area contributed by atoms with Crippen LogP contribution in [0.25, 0.3) is 0 Å². The molecule has 1 amide bonds.